The topological polar surface area (TPSA) is 50.7 Å². The number of amides is 1. The van der Waals surface area contributed by atoms with E-state index in [1.54, 1.807) is 12.1 Å². The first-order valence-electron chi connectivity index (χ1n) is 9.94. The molecule has 1 aliphatic rings. The van der Waals surface area contributed by atoms with E-state index in [1.807, 2.05) is 48.6 Å². The molecule has 0 atom stereocenters. The summed E-state index contributed by atoms with van der Waals surface area (Å²) in [5.74, 6) is -0.108. The van der Waals surface area contributed by atoms with Crippen LogP contribution < -0.4 is 5.32 Å². The molecule has 0 bridgehead atoms. The number of nitrogens with zero attached hydrogens (tertiary/aromatic N) is 1. The molecule has 1 amide bonds. The van der Waals surface area contributed by atoms with Crippen molar-refractivity contribution in [2.24, 2.45) is 4.99 Å². The Morgan fingerprint density at radius 3 is 2.34 bits per heavy atom. The quantitative estimate of drug-likeness (QED) is 0.506. The van der Waals surface area contributed by atoms with Gasteiger partial charge in [-0.1, -0.05) is 54.6 Å². The molecule has 7 heteroatoms. The van der Waals surface area contributed by atoms with E-state index in [0.717, 1.165) is 35.4 Å². The summed E-state index contributed by atoms with van der Waals surface area (Å²) in [6, 6.07) is 19.2. The first-order valence-corrected chi connectivity index (χ1v) is 9.94. The molecular weight excluding hydrogens is 417 g/mol. The molecule has 0 unspecified atom stereocenters. The van der Waals surface area contributed by atoms with Crippen LogP contribution in [0.4, 0.5) is 18.9 Å². The van der Waals surface area contributed by atoms with E-state index in [0.29, 0.717) is 30.3 Å². The number of ether oxygens (including phenoxy) is 1. The average molecular weight is 436 g/mol. The Hall–Kier alpha value is -3.87. The number of carbonyl (C=O) groups excluding carboxylic acids is 1. The summed E-state index contributed by atoms with van der Waals surface area (Å²) in [5.41, 5.74) is 2.19. The molecular formula is C25H19F3N2O2. The lowest BCUT2D eigenvalue weighted by Gasteiger charge is -2.14. The van der Waals surface area contributed by atoms with Gasteiger partial charge in [0.1, 0.15) is 6.61 Å². The largest absolute Gasteiger partial charge is 0.475 e. The van der Waals surface area contributed by atoms with Gasteiger partial charge in [0.05, 0.1) is 23.4 Å². The molecule has 162 valence electrons. The molecule has 4 nitrogen and oxygen atoms in total. The molecule has 1 aliphatic heterocycles. The Morgan fingerprint density at radius 1 is 0.938 bits per heavy atom. The number of hydrogen-bond donors (Lipinski definition) is 1. The number of nitrogens with one attached hydrogen (secondary N) is 1. The molecule has 0 saturated carbocycles. The van der Waals surface area contributed by atoms with Gasteiger partial charge in [0.15, 0.2) is 0 Å². The Labute approximate surface area is 183 Å². The van der Waals surface area contributed by atoms with Crippen LogP contribution in [0.5, 0.6) is 0 Å². The zero-order chi connectivity index (χ0) is 22.6. The number of anilines is 1. The van der Waals surface area contributed by atoms with Crippen LogP contribution in [-0.2, 0) is 10.9 Å². The van der Waals surface area contributed by atoms with Gasteiger partial charge in [-0.3, -0.25) is 4.79 Å². The Bertz CT molecular complexity index is 1170. The van der Waals surface area contributed by atoms with Crippen LogP contribution in [0.1, 0.15) is 32.6 Å². The summed E-state index contributed by atoms with van der Waals surface area (Å²) in [5, 5.41) is 2.79. The van der Waals surface area contributed by atoms with E-state index >= 15 is 0 Å². The monoisotopic (exact) mass is 436 g/mol. The summed E-state index contributed by atoms with van der Waals surface area (Å²) < 4.78 is 44.0. The van der Waals surface area contributed by atoms with Gasteiger partial charge in [0, 0.05) is 5.56 Å². The fourth-order valence-corrected chi connectivity index (χ4v) is 3.29. The van der Waals surface area contributed by atoms with Crippen LogP contribution in [0, 0.1) is 0 Å². The fourth-order valence-electron chi connectivity index (χ4n) is 3.29. The summed E-state index contributed by atoms with van der Waals surface area (Å²) in [7, 11) is 0. The molecule has 3 aromatic carbocycles. The van der Waals surface area contributed by atoms with Gasteiger partial charge >= 0.3 is 6.18 Å². The predicted octanol–water partition coefficient (Wildman–Crippen LogP) is 5.90. The first-order chi connectivity index (χ1) is 15.4. The molecule has 1 N–H and O–H groups in total. The van der Waals surface area contributed by atoms with Crippen LogP contribution in [0.3, 0.4) is 0 Å². The van der Waals surface area contributed by atoms with Crippen LogP contribution >= 0.6 is 0 Å². The second kappa shape index (κ2) is 9.09. The summed E-state index contributed by atoms with van der Waals surface area (Å²) in [6.45, 7) is 0.955. The average Bonchev–Trinajstić information content (AvgIpc) is 3.32. The number of rotatable bonds is 5. The van der Waals surface area contributed by atoms with Gasteiger partial charge in [0.25, 0.3) is 5.91 Å². The smallest absolute Gasteiger partial charge is 0.416 e. The SMILES string of the molecule is O=C(Nc1cccc(/C=C/c2ccccc2)c1C1=NCCO1)c1ccc(C(F)(F)F)cc1. The fraction of sp³-hybridized carbons (Fsp3) is 0.120. The van der Waals surface area contributed by atoms with Gasteiger partial charge in [0.2, 0.25) is 5.90 Å². The Kier molecular flexibility index (Phi) is 6.07. The standard InChI is InChI=1S/C25H19F3N2O2/c26-25(27,28)20-13-11-19(12-14-20)23(31)30-21-8-4-7-18(22(21)24-29-15-16-32-24)10-9-17-5-2-1-3-6-17/h1-14H,15-16H2,(H,30,31)/b10-9+. The molecule has 0 radical (unpaired) electrons. The Balaban J connectivity index is 1.65. The van der Waals surface area contributed by atoms with Crippen molar-refractivity contribution in [2.45, 2.75) is 6.18 Å². The van der Waals surface area contributed by atoms with Gasteiger partial charge in [-0.25, -0.2) is 4.99 Å². The van der Waals surface area contributed by atoms with Gasteiger partial charge in [-0.2, -0.15) is 13.2 Å². The summed E-state index contributed by atoms with van der Waals surface area (Å²) in [6.07, 6.45) is -0.613. The van der Waals surface area contributed by atoms with E-state index in [1.165, 1.54) is 0 Å². The van der Waals surface area contributed by atoms with Crippen LogP contribution in [0.2, 0.25) is 0 Å². The zero-order valence-corrected chi connectivity index (χ0v) is 16.9. The first kappa shape index (κ1) is 21.4. The Morgan fingerprint density at radius 2 is 1.69 bits per heavy atom. The van der Waals surface area contributed by atoms with E-state index < -0.39 is 17.6 Å². The molecule has 1 heterocycles. The van der Waals surface area contributed by atoms with Crippen molar-refractivity contribution in [3.8, 4) is 0 Å². The maximum Gasteiger partial charge on any atom is 0.416 e. The third-order valence-electron chi connectivity index (χ3n) is 4.87. The van der Waals surface area contributed by atoms with Crippen LogP contribution in [0.25, 0.3) is 12.2 Å². The number of aliphatic imine (C=N–C) groups is 1. The number of benzene rings is 3. The highest BCUT2D eigenvalue weighted by Crippen LogP contribution is 2.30. The minimum absolute atomic E-state index is 0.114. The summed E-state index contributed by atoms with van der Waals surface area (Å²) in [4.78, 5) is 17.1. The molecule has 0 fully saturated rings. The van der Waals surface area contributed by atoms with Crippen molar-refractivity contribution in [3.05, 3.63) is 101 Å². The van der Waals surface area contributed by atoms with E-state index in [2.05, 4.69) is 10.3 Å². The summed E-state index contributed by atoms with van der Waals surface area (Å²) >= 11 is 0. The van der Waals surface area contributed by atoms with Crippen LogP contribution in [0.15, 0.2) is 77.8 Å². The predicted molar refractivity (Wildman–Crippen MR) is 119 cm³/mol. The highest BCUT2D eigenvalue weighted by Gasteiger charge is 2.30. The maximum absolute atomic E-state index is 12.8. The van der Waals surface area contributed by atoms with Crippen molar-refractivity contribution in [1.29, 1.82) is 0 Å². The lowest BCUT2D eigenvalue weighted by atomic mass is 10.0. The van der Waals surface area contributed by atoms with E-state index in [-0.39, 0.29) is 5.56 Å². The number of halogens is 3. The normalized spacial score (nSPS) is 13.7. The minimum Gasteiger partial charge on any atom is -0.475 e. The number of carbonyl (C=O) groups is 1. The molecule has 0 saturated heterocycles. The molecule has 0 aromatic heterocycles. The van der Waals surface area contributed by atoms with Gasteiger partial charge in [-0.15, -0.1) is 0 Å². The van der Waals surface area contributed by atoms with E-state index in [9.17, 15) is 18.0 Å². The highest BCUT2D eigenvalue weighted by molar-refractivity contribution is 6.11. The van der Waals surface area contributed by atoms with Crippen molar-refractivity contribution in [2.75, 3.05) is 18.5 Å². The molecule has 3 aromatic rings. The minimum atomic E-state index is -4.46. The molecule has 0 aliphatic carbocycles. The van der Waals surface area contributed by atoms with Crippen molar-refractivity contribution in [1.82, 2.24) is 0 Å². The van der Waals surface area contributed by atoms with Crippen LogP contribution in [-0.4, -0.2) is 25.0 Å². The van der Waals surface area contributed by atoms with Crippen molar-refractivity contribution in [3.63, 3.8) is 0 Å². The van der Waals surface area contributed by atoms with E-state index in [4.69, 9.17) is 4.74 Å². The third-order valence-corrected chi connectivity index (χ3v) is 4.87. The number of alkyl halides is 3. The number of hydrogen-bond acceptors (Lipinski definition) is 3. The second-order valence-corrected chi connectivity index (χ2v) is 7.08. The molecule has 4 rings (SSSR count). The molecule has 32 heavy (non-hydrogen) atoms. The van der Waals surface area contributed by atoms with Gasteiger partial charge < -0.3 is 10.1 Å². The molecule has 0 spiro atoms. The zero-order valence-electron chi connectivity index (χ0n) is 16.9. The second-order valence-electron chi connectivity index (χ2n) is 7.08. The lowest BCUT2D eigenvalue weighted by Crippen LogP contribution is -2.16. The third kappa shape index (κ3) is 4.88. The van der Waals surface area contributed by atoms with Gasteiger partial charge in [-0.05, 0) is 41.5 Å². The lowest BCUT2D eigenvalue weighted by molar-refractivity contribution is -0.137. The highest BCUT2D eigenvalue weighted by atomic mass is 19.4. The van der Waals surface area contributed by atoms with Crippen molar-refractivity contribution < 1.29 is 22.7 Å². The van der Waals surface area contributed by atoms with Crippen molar-refractivity contribution >= 4 is 29.6 Å². The maximum atomic E-state index is 12.8.